The topological polar surface area (TPSA) is 266 Å². The maximum absolute atomic E-state index is 13.2. The van der Waals surface area contributed by atoms with Gasteiger partial charge in [-0.1, -0.05) is 24.3 Å². The third-order valence-corrected chi connectivity index (χ3v) is 6.01. The summed E-state index contributed by atoms with van der Waals surface area (Å²) in [6.45, 7) is 0. The molecular formula is C27H32N4O11. The zero-order valence-corrected chi connectivity index (χ0v) is 22.2. The number of phenolic OH excluding ortho intramolecular Hbond substituents is 2. The molecule has 0 aliphatic heterocycles. The van der Waals surface area contributed by atoms with Gasteiger partial charge in [0.1, 0.15) is 29.6 Å². The Labute approximate surface area is 239 Å². The van der Waals surface area contributed by atoms with Gasteiger partial charge in [0.25, 0.3) is 0 Å². The number of carbonyl (C=O) groups is 6. The molecule has 0 saturated carbocycles. The summed E-state index contributed by atoms with van der Waals surface area (Å²) in [7, 11) is 0. The summed E-state index contributed by atoms with van der Waals surface area (Å²) < 4.78 is 0. The summed E-state index contributed by atoms with van der Waals surface area (Å²) in [5, 5.41) is 53.3. The predicted octanol–water partition coefficient (Wildman–Crippen LogP) is -0.911. The van der Waals surface area contributed by atoms with E-state index in [0.717, 1.165) is 0 Å². The van der Waals surface area contributed by atoms with Gasteiger partial charge < -0.3 is 47.2 Å². The molecule has 2 aromatic rings. The van der Waals surface area contributed by atoms with E-state index in [4.69, 9.17) is 10.8 Å². The highest BCUT2D eigenvalue weighted by Crippen LogP contribution is 2.13. The first-order chi connectivity index (χ1) is 19.7. The molecule has 0 heterocycles. The number of phenols is 2. The number of carboxylic acid groups (broad SMARTS) is 3. The van der Waals surface area contributed by atoms with Gasteiger partial charge in [-0.2, -0.15) is 0 Å². The molecule has 0 saturated heterocycles. The van der Waals surface area contributed by atoms with Crippen LogP contribution in [0.15, 0.2) is 48.5 Å². The number of nitrogens with two attached hydrogens (primary N) is 1. The van der Waals surface area contributed by atoms with E-state index >= 15 is 0 Å². The van der Waals surface area contributed by atoms with Gasteiger partial charge in [0.15, 0.2) is 0 Å². The lowest BCUT2D eigenvalue weighted by molar-refractivity contribution is -0.144. The predicted molar refractivity (Wildman–Crippen MR) is 144 cm³/mol. The van der Waals surface area contributed by atoms with Crippen LogP contribution in [-0.4, -0.2) is 85.3 Å². The van der Waals surface area contributed by atoms with Crippen molar-refractivity contribution in [1.29, 1.82) is 0 Å². The zero-order chi connectivity index (χ0) is 31.4. The molecule has 0 bridgehead atoms. The van der Waals surface area contributed by atoms with Crippen molar-refractivity contribution in [3.05, 3.63) is 59.7 Å². The third kappa shape index (κ3) is 11.1. The van der Waals surface area contributed by atoms with Gasteiger partial charge in [0.2, 0.25) is 17.7 Å². The Balaban J connectivity index is 2.23. The fourth-order valence-corrected chi connectivity index (χ4v) is 3.79. The highest BCUT2D eigenvalue weighted by Gasteiger charge is 2.32. The maximum atomic E-state index is 13.2. The van der Waals surface area contributed by atoms with Crippen molar-refractivity contribution in [2.75, 3.05) is 0 Å². The van der Waals surface area contributed by atoms with Crippen LogP contribution in [-0.2, 0) is 41.6 Å². The maximum Gasteiger partial charge on any atom is 0.326 e. The molecule has 15 nitrogen and oxygen atoms in total. The smallest absolute Gasteiger partial charge is 0.326 e. The van der Waals surface area contributed by atoms with Crippen molar-refractivity contribution in [3.8, 4) is 11.5 Å². The van der Waals surface area contributed by atoms with Crippen LogP contribution in [0.3, 0.4) is 0 Å². The van der Waals surface area contributed by atoms with Gasteiger partial charge in [-0.3, -0.25) is 24.0 Å². The second-order valence-corrected chi connectivity index (χ2v) is 9.40. The molecule has 0 aromatic heterocycles. The molecule has 0 fully saturated rings. The fraction of sp³-hybridized carbons (Fsp3) is 0.333. The second-order valence-electron chi connectivity index (χ2n) is 9.40. The minimum absolute atomic E-state index is 0.00239. The van der Waals surface area contributed by atoms with Crippen LogP contribution in [0.1, 0.15) is 30.4 Å². The Morgan fingerprint density at radius 3 is 1.55 bits per heavy atom. The van der Waals surface area contributed by atoms with Crippen molar-refractivity contribution in [2.24, 2.45) is 5.73 Å². The van der Waals surface area contributed by atoms with Crippen LogP contribution in [0, 0.1) is 0 Å². The van der Waals surface area contributed by atoms with Crippen LogP contribution in [0.25, 0.3) is 0 Å². The molecule has 10 N–H and O–H groups in total. The summed E-state index contributed by atoms with van der Waals surface area (Å²) in [5.74, 6) is -7.32. The Kier molecular flexibility index (Phi) is 12.2. The molecule has 2 aromatic carbocycles. The Morgan fingerprint density at radius 2 is 1.07 bits per heavy atom. The van der Waals surface area contributed by atoms with E-state index in [9.17, 15) is 49.2 Å². The lowest BCUT2D eigenvalue weighted by Gasteiger charge is -2.25. The number of carboxylic acids is 3. The number of aromatic hydroxyl groups is 2. The van der Waals surface area contributed by atoms with E-state index in [2.05, 4.69) is 16.0 Å². The van der Waals surface area contributed by atoms with Crippen molar-refractivity contribution in [1.82, 2.24) is 16.0 Å². The Morgan fingerprint density at radius 1 is 0.619 bits per heavy atom. The normalized spacial score (nSPS) is 13.5. The number of rotatable bonds is 16. The molecule has 0 spiro atoms. The van der Waals surface area contributed by atoms with E-state index in [1.54, 1.807) is 0 Å². The minimum Gasteiger partial charge on any atom is -0.508 e. The molecule has 15 heteroatoms. The number of hydrogen-bond acceptors (Lipinski definition) is 9. The van der Waals surface area contributed by atoms with E-state index in [1.807, 2.05) is 0 Å². The summed E-state index contributed by atoms with van der Waals surface area (Å²) in [4.78, 5) is 72.9. The average Bonchev–Trinajstić information content (AvgIpc) is 2.91. The highest BCUT2D eigenvalue weighted by atomic mass is 16.4. The van der Waals surface area contributed by atoms with Gasteiger partial charge in [-0.25, -0.2) is 4.79 Å². The molecule has 2 rings (SSSR count). The third-order valence-electron chi connectivity index (χ3n) is 6.01. The molecule has 42 heavy (non-hydrogen) atoms. The molecule has 4 atom stereocenters. The van der Waals surface area contributed by atoms with E-state index in [0.29, 0.717) is 11.1 Å². The number of aliphatic carboxylic acids is 3. The van der Waals surface area contributed by atoms with Crippen LogP contribution >= 0.6 is 0 Å². The number of amides is 3. The first-order valence-electron chi connectivity index (χ1n) is 12.6. The van der Waals surface area contributed by atoms with E-state index in [-0.39, 0.29) is 24.3 Å². The van der Waals surface area contributed by atoms with Gasteiger partial charge in [-0.05, 0) is 48.2 Å². The first-order valence-corrected chi connectivity index (χ1v) is 12.6. The fourth-order valence-electron chi connectivity index (χ4n) is 3.79. The molecule has 226 valence electrons. The van der Waals surface area contributed by atoms with Crippen LogP contribution < -0.4 is 21.7 Å². The molecular weight excluding hydrogens is 556 g/mol. The van der Waals surface area contributed by atoms with Crippen LogP contribution in [0.2, 0.25) is 0 Å². The first kappa shape index (κ1) is 33.0. The van der Waals surface area contributed by atoms with Gasteiger partial charge in [-0.15, -0.1) is 0 Å². The Hall–Kier alpha value is -5.18. The molecule has 0 aliphatic carbocycles. The van der Waals surface area contributed by atoms with E-state index in [1.165, 1.54) is 48.5 Å². The van der Waals surface area contributed by atoms with E-state index < -0.39 is 79.1 Å². The van der Waals surface area contributed by atoms with Gasteiger partial charge in [0, 0.05) is 12.8 Å². The number of nitrogens with one attached hydrogen (secondary N) is 3. The lowest BCUT2D eigenvalue weighted by Crippen LogP contribution is -2.58. The standard InChI is InChI=1S/C27H32N4O11/c28-18(11-14-1-5-16(32)6-2-14)24(38)30-21(13-23(36)37)26(40)31-20(12-15-3-7-17(33)8-4-15)25(39)29-19(27(41)42)9-10-22(34)35/h1-8,18-21,32-33H,9-13,28H2,(H,29,39)(H,30,38)(H,31,40)(H,34,35)(H,36,37)(H,41,42). The monoisotopic (exact) mass is 588 g/mol. The molecule has 4 unspecified atom stereocenters. The number of benzene rings is 2. The SMILES string of the molecule is NC(Cc1ccc(O)cc1)C(=O)NC(CC(=O)O)C(=O)NC(Cc1ccc(O)cc1)C(=O)NC(CCC(=O)O)C(=O)O. The van der Waals surface area contributed by atoms with Crippen LogP contribution in [0.4, 0.5) is 0 Å². The highest BCUT2D eigenvalue weighted by molar-refractivity contribution is 5.95. The van der Waals surface area contributed by atoms with Crippen molar-refractivity contribution in [3.63, 3.8) is 0 Å². The minimum atomic E-state index is -1.68. The summed E-state index contributed by atoms with van der Waals surface area (Å²) in [6.07, 6.45) is -2.15. The lowest BCUT2D eigenvalue weighted by atomic mass is 10.0. The quantitative estimate of drug-likeness (QED) is 0.115. The van der Waals surface area contributed by atoms with Crippen molar-refractivity contribution < 1.29 is 54.3 Å². The summed E-state index contributed by atoms with van der Waals surface area (Å²) in [6, 6.07) is 5.30. The zero-order valence-electron chi connectivity index (χ0n) is 22.2. The largest absolute Gasteiger partial charge is 0.508 e. The number of carbonyl (C=O) groups excluding carboxylic acids is 3. The Bertz CT molecular complexity index is 1280. The van der Waals surface area contributed by atoms with Crippen molar-refractivity contribution in [2.45, 2.75) is 56.3 Å². The summed E-state index contributed by atoms with van der Waals surface area (Å²) in [5.41, 5.74) is 6.92. The molecule has 0 aliphatic rings. The molecule has 3 amide bonds. The molecule has 0 radical (unpaired) electrons. The second kappa shape index (κ2) is 15.6. The van der Waals surface area contributed by atoms with Crippen LogP contribution in [0.5, 0.6) is 11.5 Å². The summed E-state index contributed by atoms with van der Waals surface area (Å²) >= 11 is 0. The van der Waals surface area contributed by atoms with Crippen molar-refractivity contribution >= 4 is 35.6 Å². The van der Waals surface area contributed by atoms with Gasteiger partial charge >= 0.3 is 17.9 Å². The average molecular weight is 589 g/mol. The number of hydrogen-bond donors (Lipinski definition) is 9. The van der Waals surface area contributed by atoms with Gasteiger partial charge in [0.05, 0.1) is 12.5 Å².